The molecule has 29 heavy (non-hydrogen) atoms. The molecule has 0 saturated carbocycles. The lowest BCUT2D eigenvalue weighted by atomic mass is 9.99. The lowest BCUT2D eigenvalue weighted by Gasteiger charge is -2.29. The number of nitrogens with one attached hydrogen (secondary N) is 1. The van der Waals surface area contributed by atoms with Gasteiger partial charge >= 0.3 is 0 Å². The Bertz CT molecular complexity index is 856. The van der Waals surface area contributed by atoms with Gasteiger partial charge in [-0.25, -0.2) is 4.98 Å². The fourth-order valence-electron chi connectivity index (χ4n) is 3.95. The quantitative estimate of drug-likeness (QED) is 0.786. The Labute approximate surface area is 175 Å². The Kier molecular flexibility index (Phi) is 6.25. The number of carbonyl (C=O) groups excluding carboxylic acids is 2. The van der Waals surface area contributed by atoms with Crippen LogP contribution in [0.15, 0.2) is 29.6 Å². The Morgan fingerprint density at radius 1 is 1.21 bits per heavy atom. The molecular weight excluding hydrogens is 384 g/mol. The maximum absolute atomic E-state index is 12.4. The normalized spacial score (nSPS) is 18.4. The second-order valence-corrected chi connectivity index (χ2v) is 9.00. The third kappa shape index (κ3) is 5.22. The van der Waals surface area contributed by atoms with Crippen molar-refractivity contribution in [3.8, 4) is 0 Å². The number of carbonyl (C=O) groups is 2. The molecule has 2 amide bonds. The van der Waals surface area contributed by atoms with Crippen LogP contribution in [-0.2, 0) is 22.6 Å². The fourth-order valence-corrected chi connectivity index (χ4v) is 4.67. The number of nitrogens with zero attached hydrogens (tertiary/aromatic N) is 3. The van der Waals surface area contributed by atoms with Crippen LogP contribution < -0.4 is 10.2 Å². The summed E-state index contributed by atoms with van der Waals surface area (Å²) in [6.45, 7) is 6.20. The second-order valence-electron chi connectivity index (χ2n) is 8.14. The Morgan fingerprint density at radius 3 is 2.66 bits per heavy atom. The highest BCUT2D eigenvalue weighted by atomic mass is 32.1. The van der Waals surface area contributed by atoms with E-state index >= 15 is 0 Å². The molecule has 4 rings (SSSR count). The Morgan fingerprint density at radius 2 is 1.97 bits per heavy atom. The summed E-state index contributed by atoms with van der Waals surface area (Å²) in [7, 11) is 0. The number of anilines is 2. The third-order valence-electron chi connectivity index (χ3n) is 5.75. The maximum atomic E-state index is 12.4. The van der Waals surface area contributed by atoms with Gasteiger partial charge < -0.3 is 10.2 Å². The number of aromatic nitrogens is 1. The first-order chi connectivity index (χ1) is 14.1. The van der Waals surface area contributed by atoms with E-state index in [0.29, 0.717) is 18.0 Å². The van der Waals surface area contributed by atoms with Crippen LogP contribution in [0.5, 0.6) is 0 Å². The highest BCUT2D eigenvalue weighted by Gasteiger charge is 2.21. The van der Waals surface area contributed by atoms with Gasteiger partial charge in [0.2, 0.25) is 11.8 Å². The van der Waals surface area contributed by atoms with Gasteiger partial charge in [-0.05, 0) is 56.0 Å². The van der Waals surface area contributed by atoms with Crippen molar-refractivity contribution >= 4 is 34.0 Å². The highest BCUT2D eigenvalue weighted by Crippen LogP contribution is 2.23. The summed E-state index contributed by atoms with van der Waals surface area (Å²) in [5.41, 5.74) is 2.87. The summed E-state index contributed by atoms with van der Waals surface area (Å²) < 4.78 is 0. The number of likely N-dealkylation sites (tertiary alicyclic amines) is 1. The van der Waals surface area contributed by atoms with Gasteiger partial charge in [-0.15, -0.1) is 11.3 Å². The van der Waals surface area contributed by atoms with Crippen molar-refractivity contribution in [2.45, 2.75) is 45.6 Å². The molecule has 0 radical (unpaired) electrons. The van der Waals surface area contributed by atoms with Crippen molar-refractivity contribution in [2.75, 3.05) is 29.9 Å². The van der Waals surface area contributed by atoms with Crippen molar-refractivity contribution < 1.29 is 9.59 Å². The van der Waals surface area contributed by atoms with Gasteiger partial charge in [-0.1, -0.05) is 19.1 Å². The van der Waals surface area contributed by atoms with Gasteiger partial charge in [0.1, 0.15) is 0 Å². The molecule has 2 aliphatic rings. The molecule has 0 atom stereocenters. The molecule has 154 valence electrons. The summed E-state index contributed by atoms with van der Waals surface area (Å²) in [6.07, 6.45) is 4.33. The molecule has 0 spiro atoms. The van der Waals surface area contributed by atoms with Crippen molar-refractivity contribution in [1.82, 2.24) is 9.88 Å². The standard InChI is InChI=1S/C22H28N4O2S/c1-16-8-11-25(12-9-16)14-18-15-29-22(23-18)24-20(27)13-17-4-6-19(7-5-17)26-10-2-3-21(26)28/h4-7,15-16H,2-3,8-14H2,1H3,(H,23,24,27). The molecule has 1 aromatic heterocycles. The molecule has 2 saturated heterocycles. The van der Waals surface area contributed by atoms with E-state index < -0.39 is 0 Å². The first kappa shape index (κ1) is 20.0. The van der Waals surface area contributed by atoms with Crippen LogP contribution in [0.1, 0.15) is 43.9 Å². The van der Waals surface area contributed by atoms with E-state index in [1.54, 1.807) is 0 Å². The number of piperidine rings is 1. The molecule has 6 nitrogen and oxygen atoms in total. The van der Waals surface area contributed by atoms with Crippen LogP contribution in [0.4, 0.5) is 10.8 Å². The Balaban J connectivity index is 1.27. The molecule has 3 heterocycles. The smallest absolute Gasteiger partial charge is 0.230 e. The summed E-state index contributed by atoms with van der Waals surface area (Å²) >= 11 is 1.48. The molecule has 1 N–H and O–H groups in total. The average molecular weight is 413 g/mol. The number of benzene rings is 1. The molecule has 7 heteroatoms. The molecule has 2 aliphatic heterocycles. The molecule has 0 aliphatic carbocycles. The Hall–Kier alpha value is -2.25. The topological polar surface area (TPSA) is 65.5 Å². The van der Waals surface area contributed by atoms with Gasteiger partial charge in [0.25, 0.3) is 0 Å². The van der Waals surface area contributed by atoms with Gasteiger partial charge in [0.15, 0.2) is 5.13 Å². The van der Waals surface area contributed by atoms with Gasteiger partial charge in [-0.2, -0.15) is 0 Å². The zero-order valence-electron chi connectivity index (χ0n) is 16.9. The molecule has 0 unspecified atom stereocenters. The van der Waals surface area contributed by atoms with E-state index in [0.717, 1.165) is 55.5 Å². The predicted molar refractivity (Wildman–Crippen MR) is 116 cm³/mol. The first-order valence-electron chi connectivity index (χ1n) is 10.4. The van der Waals surface area contributed by atoms with E-state index in [1.165, 1.54) is 24.2 Å². The summed E-state index contributed by atoms with van der Waals surface area (Å²) in [4.78, 5) is 33.1. The zero-order valence-corrected chi connectivity index (χ0v) is 17.7. The first-order valence-corrected chi connectivity index (χ1v) is 11.3. The highest BCUT2D eigenvalue weighted by molar-refractivity contribution is 7.13. The minimum atomic E-state index is -0.0669. The summed E-state index contributed by atoms with van der Waals surface area (Å²) in [6, 6.07) is 7.69. The average Bonchev–Trinajstić information content (AvgIpc) is 3.33. The minimum absolute atomic E-state index is 0.0669. The van der Waals surface area contributed by atoms with E-state index in [1.807, 2.05) is 34.5 Å². The van der Waals surface area contributed by atoms with Crippen LogP contribution in [0.25, 0.3) is 0 Å². The van der Waals surface area contributed by atoms with E-state index in [9.17, 15) is 9.59 Å². The number of hydrogen-bond donors (Lipinski definition) is 1. The number of hydrogen-bond acceptors (Lipinski definition) is 5. The van der Waals surface area contributed by atoms with Crippen LogP contribution in [0.2, 0.25) is 0 Å². The molecular formula is C22H28N4O2S. The van der Waals surface area contributed by atoms with Crippen LogP contribution in [-0.4, -0.2) is 41.3 Å². The summed E-state index contributed by atoms with van der Waals surface area (Å²) in [5.74, 6) is 0.929. The predicted octanol–water partition coefficient (Wildman–Crippen LogP) is 3.68. The van der Waals surface area contributed by atoms with E-state index in [-0.39, 0.29) is 11.8 Å². The molecule has 2 fully saturated rings. The van der Waals surface area contributed by atoms with Gasteiger partial charge in [0.05, 0.1) is 12.1 Å². The third-order valence-corrected chi connectivity index (χ3v) is 6.55. The van der Waals surface area contributed by atoms with Crippen molar-refractivity contribution in [2.24, 2.45) is 5.92 Å². The molecule has 2 aromatic rings. The fraction of sp³-hybridized carbons (Fsp3) is 0.500. The van der Waals surface area contributed by atoms with E-state index in [2.05, 4.69) is 22.1 Å². The van der Waals surface area contributed by atoms with Crippen molar-refractivity contribution in [1.29, 1.82) is 0 Å². The van der Waals surface area contributed by atoms with Crippen LogP contribution >= 0.6 is 11.3 Å². The second kappa shape index (κ2) is 9.05. The monoisotopic (exact) mass is 412 g/mol. The van der Waals surface area contributed by atoms with E-state index in [4.69, 9.17) is 0 Å². The van der Waals surface area contributed by atoms with Gasteiger partial charge in [-0.3, -0.25) is 14.5 Å². The van der Waals surface area contributed by atoms with Gasteiger partial charge in [0, 0.05) is 30.6 Å². The summed E-state index contributed by atoms with van der Waals surface area (Å²) in [5, 5.41) is 5.62. The number of thiazole rings is 1. The zero-order chi connectivity index (χ0) is 20.2. The lowest BCUT2D eigenvalue weighted by molar-refractivity contribution is -0.117. The van der Waals surface area contributed by atoms with Crippen LogP contribution in [0, 0.1) is 5.92 Å². The number of amides is 2. The molecule has 1 aromatic carbocycles. The largest absolute Gasteiger partial charge is 0.312 e. The SMILES string of the molecule is CC1CCN(Cc2csc(NC(=O)Cc3ccc(N4CCCC4=O)cc3)n2)CC1. The maximum Gasteiger partial charge on any atom is 0.230 e. The lowest BCUT2D eigenvalue weighted by Crippen LogP contribution is -2.32. The van der Waals surface area contributed by atoms with Crippen molar-refractivity contribution in [3.05, 3.63) is 40.9 Å². The van der Waals surface area contributed by atoms with Crippen LogP contribution in [0.3, 0.4) is 0 Å². The number of rotatable bonds is 6. The van der Waals surface area contributed by atoms with Crippen molar-refractivity contribution in [3.63, 3.8) is 0 Å². The minimum Gasteiger partial charge on any atom is -0.312 e. The molecule has 0 bridgehead atoms.